The van der Waals surface area contributed by atoms with Gasteiger partial charge in [-0.25, -0.2) is 9.78 Å². The van der Waals surface area contributed by atoms with E-state index in [0.29, 0.717) is 22.2 Å². The lowest BCUT2D eigenvalue weighted by atomic mass is 10.2. The molecule has 1 fully saturated rings. The Bertz CT molecular complexity index is 1130. The Morgan fingerprint density at radius 3 is 2.64 bits per heavy atom. The highest BCUT2D eigenvalue weighted by Gasteiger charge is 2.27. The van der Waals surface area contributed by atoms with Crippen molar-refractivity contribution >= 4 is 39.1 Å². The van der Waals surface area contributed by atoms with Crippen molar-refractivity contribution in [1.29, 1.82) is 0 Å². The Labute approximate surface area is 198 Å². The molecule has 0 radical (unpaired) electrons. The van der Waals surface area contributed by atoms with Gasteiger partial charge in [-0.15, -0.1) is 11.3 Å². The molecule has 3 aromatic rings. The molecule has 7 nitrogen and oxygen atoms in total. The number of rotatable bonds is 8. The summed E-state index contributed by atoms with van der Waals surface area (Å²) in [6.45, 7) is 9.43. The molecule has 3 heterocycles. The lowest BCUT2D eigenvalue weighted by Gasteiger charge is -2.26. The molecule has 174 valence electrons. The third-order valence-electron chi connectivity index (χ3n) is 6.22. The summed E-state index contributed by atoms with van der Waals surface area (Å²) in [5.41, 5.74) is 1.94. The van der Waals surface area contributed by atoms with Crippen molar-refractivity contribution < 1.29 is 14.3 Å². The van der Waals surface area contributed by atoms with Gasteiger partial charge in [-0.2, -0.15) is 0 Å². The van der Waals surface area contributed by atoms with Crippen molar-refractivity contribution in [1.82, 2.24) is 14.8 Å². The number of hydrogen-bond donors (Lipinski definition) is 1. The predicted octanol–water partition coefficient (Wildman–Crippen LogP) is 4.25. The number of benzene rings is 1. The van der Waals surface area contributed by atoms with E-state index in [-0.39, 0.29) is 5.91 Å². The Morgan fingerprint density at radius 1 is 1.18 bits per heavy atom. The molecule has 2 aromatic heterocycles. The third-order valence-corrected chi connectivity index (χ3v) is 7.30. The van der Waals surface area contributed by atoms with Gasteiger partial charge < -0.3 is 10.1 Å². The van der Waals surface area contributed by atoms with Crippen LogP contribution in [0.4, 0.5) is 5.69 Å². The summed E-state index contributed by atoms with van der Waals surface area (Å²) in [5, 5.41) is 3.65. The fraction of sp³-hybridized carbons (Fsp3) is 0.400. The van der Waals surface area contributed by atoms with E-state index in [9.17, 15) is 9.59 Å². The molecule has 0 spiro atoms. The first-order valence-corrected chi connectivity index (χ1v) is 12.2. The van der Waals surface area contributed by atoms with Crippen molar-refractivity contribution in [3.05, 3.63) is 58.6 Å². The summed E-state index contributed by atoms with van der Waals surface area (Å²) in [4.78, 5) is 36.0. The maximum atomic E-state index is 12.8. The average molecular weight is 467 g/mol. The molecule has 0 aliphatic carbocycles. The van der Waals surface area contributed by atoms with Crippen molar-refractivity contribution in [2.75, 3.05) is 38.6 Å². The van der Waals surface area contributed by atoms with Gasteiger partial charge in [0.25, 0.3) is 5.91 Å². The van der Waals surface area contributed by atoms with Crippen LogP contribution in [-0.4, -0.2) is 66.0 Å². The van der Waals surface area contributed by atoms with Crippen LogP contribution in [0.5, 0.6) is 0 Å². The second kappa shape index (κ2) is 10.4. The molecule has 1 aliphatic rings. The molecule has 1 N–H and O–H groups in total. The minimum absolute atomic E-state index is 0.274. The number of carbonyl (C=O) groups is 2. The van der Waals surface area contributed by atoms with Crippen LogP contribution in [0.25, 0.3) is 10.2 Å². The van der Waals surface area contributed by atoms with Crippen LogP contribution in [-0.2, 0) is 11.3 Å². The molecule has 1 saturated heterocycles. The monoisotopic (exact) mass is 466 g/mol. The van der Waals surface area contributed by atoms with E-state index in [0.717, 1.165) is 48.6 Å². The van der Waals surface area contributed by atoms with Crippen molar-refractivity contribution in [2.24, 2.45) is 0 Å². The number of nitrogens with one attached hydrogen (secondary N) is 1. The van der Waals surface area contributed by atoms with Crippen LogP contribution >= 0.6 is 11.3 Å². The minimum atomic E-state index is -0.482. The second-order valence-electron chi connectivity index (χ2n) is 8.17. The number of esters is 1. The second-order valence-corrected chi connectivity index (χ2v) is 9.17. The number of amides is 1. The number of likely N-dealkylation sites (N-methyl/N-ethyl adjacent to an activating group) is 1. The Kier molecular flexibility index (Phi) is 7.37. The fourth-order valence-corrected chi connectivity index (χ4v) is 5.53. The van der Waals surface area contributed by atoms with Gasteiger partial charge in [0.05, 0.1) is 18.5 Å². The van der Waals surface area contributed by atoms with Gasteiger partial charge >= 0.3 is 5.97 Å². The number of ether oxygens (including phenoxy) is 1. The molecule has 4 rings (SSSR count). The smallest absolute Gasteiger partial charge is 0.350 e. The number of likely N-dealkylation sites (tertiary alicyclic amines) is 1. The number of anilines is 1. The van der Waals surface area contributed by atoms with Crippen molar-refractivity contribution in [2.45, 2.75) is 32.9 Å². The summed E-state index contributed by atoms with van der Waals surface area (Å²) in [6.07, 6.45) is 1.17. The number of nitrogens with zero attached hydrogens (tertiary/aromatic N) is 3. The minimum Gasteiger partial charge on any atom is -0.465 e. The highest BCUT2D eigenvalue weighted by molar-refractivity contribution is 7.21. The zero-order valence-electron chi connectivity index (χ0n) is 19.3. The van der Waals surface area contributed by atoms with Gasteiger partial charge in [0, 0.05) is 36.6 Å². The molecule has 1 aromatic carbocycles. The zero-order chi connectivity index (χ0) is 23.4. The lowest BCUT2D eigenvalue weighted by molar-refractivity contribution is 0.0607. The summed E-state index contributed by atoms with van der Waals surface area (Å²) >= 11 is 1.25. The highest BCUT2D eigenvalue weighted by Crippen LogP contribution is 2.36. The first-order chi connectivity index (χ1) is 16.0. The molecule has 0 unspecified atom stereocenters. The zero-order valence-corrected chi connectivity index (χ0v) is 20.2. The summed E-state index contributed by atoms with van der Waals surface area (Å²) in [7, 11) is 1.34. The van der Waals surface area contributed by atoms with E-state index < -0.39 is 5.97 Å². The molecule has 1 amide bonds. The van der Waals surface area contributed by atoms with Gasteiger partial charge in [-0.05, 0) is 43.8 Å². The molecular weight excluding hydrogens is 436 g/mol. The van der Waals surface area contributed by atoms with Crippen LogP contribution < -0.4 is 5.32 Å². The SMILES string of the molecule is CCN(CC)[C@@H]1CCN(Cc2ccc3c(NC(=O)c4ccccc4)c(C(=O)OC)sc3n2)C1. The highest BCUT2D eigenvalue weighted by atomic mass is 32.1. The number of hydrogen-bond acceptors (Lipinski definition) is 7. The summed E-state index contributed by atoms with van der Waals surface area (Å²) < 4.78 is 4.97. The van der Waals surface area contributed by atoms with Crippen LogP contribution in [0.3, 0.4) is 0 Å². The van der Waals surface area contributed by atoms with E-state index in [1.807, 2.05) is 18.2 Å². The predicted molar refractivity (Wildman–Crippen MR) is 132 cm³/mol. The van der Waals surface area contributed by atoms with E-state index in [2.05, 4.69) is 29.0 Å². The van der Waals surface area contributed by atoms with E-state index >= 15 is 0 Å². The Hall–Kier alpha value is -2.81. The van der Waals surface area contributed by atoms with Gasteiger partial charge in [0.2, 0.25) is 0 Å². The van der Waals surface area contributed by atoms with Crippen LogP contribution in [0, 0.1) is 0 Å². The number of pyridine rings is 1. The van der Waals surface area contributed by atoms with Crippen molar-refractivity contribution in [3.8, 4) is 0 Å². The first-order valence-electron chi connectivity index (χ1n) is 11.4. The first kappa shape index (κ1) is 23.4. The van der Waals surface area contributed by atoms with E-state index in [4.69, 9.17) is 9.72 Å². The van der Waals surface area contributed by atoms with Crippen LogP contribution in [0.2, 0.25) is 0 Å². The number of carbonyl (C=O) groups excluding carboxylic acids is 2. The molecule has 8 heteroatoms. The standard InChI is InChI=1S/C25H30N4O3S/c1-4-29(5-2)19-13-14-28(16-19)15-18-11-12-20-21(22(25(31)32-3)33-24(20)26-18)27-23(30)17-9-7-6-8-10-17/h6-12,19H,4-5,13-16H2,1-3H3,(H,27,30)/t19-/m1/s1. The normalized spacial score (nSPS) is 16.4. The van der Waals surface area contributed by atoms with E-state index in [1.165, 1.54) is 24.9 Å². The molecule has 1 atom stereocenters. The van der Waals surface area contributed by atoms with Gasteiger partial charge in [-0.1, -0.05) is 32.0 Å². The summed E-state index contributed by atoms with van der Waals surface area (Å²) in [6, 6.07) is 13.5. The quantitative estimate of drug-likeness (QED) is 0.500. The molecule has 0 saturated carbocycles. The molecule has 0 bridgehead atoms. The number of fused-ring (bicyclic) bond motifs is 1. The number of methoxy groups -OCH3 is 1. The molecule has 33 heavy (non-hydrogen) atoms. The van der Waals surface area contributed by atoms with Crippen molar-refractivity contribution in [3.63, 3.8) is 0 Å². The summed E-state index contributed by atoms with van der Waals surface area (Å²) in [5.74, 6) is -0.756. The largest absolute Gasteiger partial charge is 0.465 e. The molecule has 1 aliphatic heterocycles. The van der Waals surface area contributed by atoms with Crippen LogP contribution in [0.1, 0.15) is 46.0 Å². The van der Waals surface area contributed by atoms with E-state index in [1.54, 1.807) is 24.3 Å². The Balaban J connectivity index is 1.57. The van der Waals surface area contributed by atoms with Gasteiger partial charge in [-0.3, -0.25) is 14.6 Å². The average Bonchev–Trinajstić information content (AvgIpc) is 3.44. The van der Waals surface area contributed by atoms with Gasteiger partial charge in [0.15, 0.2) is 0 Å². The maximum Gasteiger partial charge on any atom is 0.350 e. The number of aromatic nitrogens is 1. The lowest BCUT2D eigenvalue weighted by Crippen LogP contribution is -2.37. The Morgan fingerprint density at radius 2 is 1.94 bits per heavy atom. The van der Waals surface area contributed by atoms with Crippen LogP contribution in [0.15, 0.2) is 42.5 Å². The third kappa shape index (κ3) is 5.08. The topological polar surface area (TPSA) is 74.8 Å². The fourth-order valence-electron chi connectivity index (χ4n) is 4.46. The van der Waals surface area contributed by atoms with Gasteiger partial charge in [0.1, 0.15) is 9.71 Å². The maximum absolute atomic E-state index is 12.8. The number of thiophene rings is 1. The molecular formula is C25H30N4O3S.